The number of hydrogen-bond acceptors (Lipinski definition) is 2. The molecule has 1 amide bonds. The van der Waals surface area contributed by atoms with E-state index in [1.54, 1.807) is 0 Å². The van der Waals surface area contributed by atoms with Crippen LogP contribution in [0.5, 0.6) is 0 Å². The van der Waals surface area contributed by atoms with Crippen molar-refractivity contribution < 1.29 is 4.79 Å². The van der Waals surface area contributed by atoms with Gasteiger partial charge in [0.05, 0.1) is 0 Å². The first-order valence-electron chi connectivity index (χ1n) is 8.24. The van der Waals surface area contributed by atoms with Crippen molar-refractivity contribution in [3.05, 3.63) is 35.4 Å². The predicted molar refractivity (Wildman–Crippen MR) is 87.5 cm³/mol. The first-order valence-corrected chi connectivity index (χ1v) is 8.24. The lowest BCUT2D eigenvalue weighted by molar-refractivity contribution is -0.121. The number of benzene rings is 1. The monoisotopic (exact) mass is 288 g/mol. The van der Waals surface area contributed by atoms with Gasteiger partial charge in [-0.15, -0.1) is 0 Å². The summed E-state index contributed by atoms with van der Waals surface area (Å²) >= 11 is 0. The molecule has 1 aromatic carbocycles. The molecule has 3 heteroatoms. The van der Waals surface area contributed by atoms with Crippen molar-refractivity contribution in [3.63, 3.8) is 0 Å². The van der Waals surface area contributed by atoms with Crippen LogP contribution < -0.4 is 10.6 Å². The topological polar surface area (TPSA) is 41.1 Å². The molecule has 0 bridgehead atoms. The van der Waals surface area contributed by atoms with Crippen molar-refractivity contribution in [2.24, 2.45) is 0 Å². The summed E-state index contributed by atoms with van der Waals surface area (Å²) < 4.78 is 0. The largest absolute Gasteiger partial charge is 0.356 e. The van der Waals surface area contributed by atoms with E-state index in [2.05, 4.69) is 48.7 Å². The zero-order valence-electron chi connectivity index (χ0n) is 13.3. The van der Waals surface area contributed by atoms with Gasteiger partial charge in [0.1, 0.15) is 0 Å². The van der Waals surface area contributed by atoms with Gasteiger partial charge >= 0.3 is 0 Å². The summed E-state index contributed by atoms with van der Waals surface area (Å²) in [5, 5.41) is 6.39. The zero-order valence-corrected chi connectivity index (χ0v) is 13.3. The van der Waals surface area contributed by atoms with E-state index >= 15 is 0 Å². The molecule has 1 unspecified atom stereocenters. The SMILES string of the molecule is CC(C)c1ccc(CCCNC(=O)CC2CCCN2)cc1. The molecule has 21 heavy (non-hydrogen) atoms. The summed E-state index contributed by atoms with van der Waals surface area (Å²) in [6.45, 7) is 6.26. The minimum atomic E-state index is 0.185. The van der Waals surface area contributed by atoms with E-state index in [4.69, 9.17) is 0 Å². The molecule has 1 atom stereocenters. The Kier molecular flexibility index (Phi) is 6.24. The third-order valence-electron chi connectivity index (χ3n) is 4.20. The average Bonchev–Trinajstić information content (AvgIpc) is 2.97. The Morgan fingerprint density at radius 1 is 1.33 bits per heavy atom. The fourth-order valence-corrected chi connectivity index (χ4v) is 2.82. The van der Waals surface area contributed by atoms with Gasteiger partial charge in [0, 0.05) is 19.0 Å². The molecule has 1 aliphatic rings. The Bertz CT molecular complexity index is 433. The maximum Gasteiger partial charge on any atom is 0.221 e. The number of carbonyl (C=O) groups excluding carboxylic acids is 1. The lowest BCUT2D eigenvalue weighted by Gasteiger charge is -2.10. The van der Waals surface area contributed by atoms with E-state index < -0.39 is 0 Å². The fraction of sp³-hybridized carbons (Fsp3) is 0.611. The van der Waals surface area contributed by atoms with Crippen LogP contribution >= 0.6 is 0 Å². The van der Waals surface area contributed by atoms with Gasteiger partial charge in [-0.2, -0.15) is 0 Å². The Morgan fingerprint density at radius 3 is 2.71 bits per heavy atom. The highest BCUT2D eigenvalue weighted by molar-refractivity contribution is 5.76. The second kappa shape index (κ2) is 8.18. The number of aryl methyl sites for hydroxylation is 1. The van der Waals surface area contributed by atoms with Crippen LogP contribution in [0.4, 0.5) is 0 Å². The highest BCUT2D eigenvalue weighted by atomic mass is 16.1. The Hall–Kier alpha value is -1.35. The molecule has 2 rings (SSSR count). The minimum Gasteiger partial charge on any atom is -0.356 e. The van der Waals surface area contributed by atoms with Crippen LogP contribution in [0.15, 0.2) is 24.3 Å². The summed E-state index contributed by atoms with van der Waals surface area (Å²) in [4.78, 5) is 11.8. The second-order valence-corrected chi connectivity index (χ2v) is 6.35. The van der Waals surface area contributed by atoms with Gasteiger partial charge in [0.25, 0.3) is 0 Å². The molecular weight excluding hydrogens is 260 g/mol. The lowest BCUT2D eigenvalue weighted by atomic mass is 10.0. The van der Waals surface area contributed by atoms with Crippen LogP contribution in [0.1, 0.15) is 56.6 Å². The smallest absolute Gasteiger partial charge is 0.221 e. The van der Waals surface area contributed by atoms with E-state index in [-0.39, 0.29) is 5.91 Å². The number of hydrogen-bond donors (Lipinski definition) is 2. The van der Waals surface area contributed by atoms with Crippen LogP contribution in [-0.2, 0) is 11.2 Å². The maximum atomic E-state index is 11.8. The minimum absolute atomic E-state index is 0.185. The van der Waals surface area contributed by atoms with E-state index in [1.165, 1.54) is 17.5 Å². The van der Waals surface area contributed by atoms with Crippen LogP contribution in [0.25, 0.3) is 0 Å². The summed E-state index contributed by atoms with van der Waals surface area (Å²) in [6.07, 6.45) is 4.99. The Morgan fingerprint density at radius 2 is 2.10 bits per heavy atom. The van der Waals surface area contributed by atoms with Gasteiger partial charge in [-0.25, -0.2) is 0 Å². The predicted octanol–water partition coefficient (Wildman–Crippen LogP) is 3.00. The van der Waals surface area contributed by atoms with Gasteiger partial charge in [-0.05, 0) is 49.3 Å². The second-order valence-electron chi connectivity index (χ2n) is 6.35. The summed E-state index contributed by atoms with van der Waals surface area (Å²) in [6, 6.07) is 9.24. The highest BCUT2D eigenvalue weighted by Crippen LogP contribution is 2.15. The van der Waals surface area contributed by atoms with Gasteiger partial charge in [0.15, 0.2) is 0 Å². The molecule has 0 aromatic heterocycles. The Labute approximate surface area is 128 Å². The lowest BCUT2D eigenvalue weighted by Crippen LogP contribution is -2.32. The molecule has 1 heterocycles. The number of nitrogens with one attached hydrogen (secondary N) is 2. The summed E-state index contributed by atoms with van der Waals surface area (Å²) in [5.41, 5.74) is 2.74. The van der Waals surface area contributed by atoms with Gasteiger partial charge in [0.2, 0.25) is 5.91 Å². The van der Waals surface area contributed by atoms with Gasteiger partial charge in [-0.1, -0.05) is 38.1 Å². The zero-order chi connectivity index (χ0) is 15.1. The van der Waals surface area contributed by atoms with E-state index in [0.29, 0.717) is 18.4 Å². The molecule has 1 aromatic rings. The van der Waals surface area contributed by atoms with Crippen molar-refractivity contribution in [2.45, 2.75) is 57.9 Å². The van der Waals surface area contributed by atoms with Crippen LogP contribution in [0.3, 0.4) is 0 Å². The van der Waals surface area contributed by atoms with Crippen LogP contribution in [0, 0.1) is 0 Å². The molecule has 0 saturated carbocycles. The highest BCUT2D eigenvalue weighted by Gasteiger charge is 2.16. The molecule has 1 fully saturated rings. The third kappa shape index (κ3) is 5.50. The van der Waals surface area contributed by atoms with Gasteiger partial charge < -0.3 is 10.6 Å². The first-order chi connectivity index (χ1) is 10.1. The average molecular weight is 288 g/mol. The fourth-order valence-electron chi connectivity index (χ4n) is 2.82. The van der Waals surface area contributed by atoms with Crippen molar-refractivity contribution in [1.82, 2.24) is 10.6 Å². The molecule has 2 N–H and O–H groups in total. The molecule has 116 valence electrons. The molecule has 0 spiro atoms. The van der Waals surface area contributed by atoms with Crippen LogP contribution in [0.2, 0.25) is 0 Å². The molecule has 1 aliphatic heterocycles. The first kappa shape index (κ1) is 16.0. The Balaban J connectivity index is 1.61. The van der Waals surface area contributed by atoms with Crippen molar-refractivity contribution in [2.75, 3.05) is 13.1 Å². The van der Waals surface area contributed by atoms with Crippen molar-refractivity contribution in [1.29, 1.82) is 0 Å². The molecule has 3 nitrogen and oxygen atoms in total. The van der Waals surface area contributed by atoms with Crippen LogP contribution in [-0.4, -0.2) is 25.0 Å². The molecule has 0 aliphatic carbocycles. The van der Waals surface area contributed by atoms with Crippen molar-refractivity contribution >= 4 is 5.91 Å². The molecule has 1 saturated heterocycles. The van der Waals surface area contributed by atoms with E-state index in [0.717, 1.165) is 32.4 Å². The molecule has 0 radical (unpaired) electrons. The number of amides is 1. The quantitative estimate of drug-likeness (QED) is 0.757. The van der Waals surface area contributed by atoms with E-state index in [1.807, 2.05) is 0 Å². The summed E-state index contributed by atoms with van der Waals surface area (Å²) in [7, 11) is 0. The molecular formula is C18H28N2O. The summed E-state index contributed by atoms with van der Waals surface area (Å²) in [5.74, 6) is 0.770. The standard InChI is InChI=1S/C18H28N2O/c1-14(2)16-9-7-15(8-10-16)5-3-12-20-18(21)13-17-6-4-11-19-17/h7-10,14,17,19H,3-6,11-13H2,1-2H3,(H,20,21). The van der Waals surface area contributed by atoms with Crippen molar-refractivity contribution in [3.8, 4) is 0 Å². The normalized spacial score (nSPS) is 18.1. The maximum absolute atomic E-state index is 11.8. The third-order valence-corrected chi connectivity index (χ3v) is 4.20. The van der Waals surface area contributed by atoms with Gasteiger partial charge in [-0.3, -0.25) is 4.79 Å². The number of rotatable bonds is 7. The van der Waals surface area contributed by atoms with E-state index in [9.17, 15) is 4.79 Å². The number of carbonyl (C=O) groups is 1.